The second-order valence-electron chi connectivity index (χ2n) is 7.89. The molecule has 3 aromatic rings. The Morgan fingerprint density at radius 3 is 1.85 bits per heavy atom. The molecule has 0 aromatic heterocycles. The number of ether oxygens (including phenoxy) is 3. The number of hydrogen-bond donors (Lipinski definition) is 0. The van der Waals surface area contributed by atoms with E-state index in [1.54, 1.807) is 28.4 Å². The van der Waals surface area contributed by atoms with E-state index in [-0.39, 0.29) is 0 Å². The molecule has 0 atom stereocenters. The first kappa shape index (κ1) is 23.1. The minimum absolute atomic E-state index is 0.699. The van der Waals surface area contributed by atoms with Crippen LogP contribution < -0.4 is 9.47 Å². The molecule has 4 rings (SSSR count). The van der Waals surface area contributed by atoms with Gasteiger partial charge in [0.2, 0.25) is 0 Å². The Hall–Kier alpha value is -4.05. The van der Waals surface area contributed by atoms with Gasteiger partial charge in [-0.15, -0.1) is 0 Å². The molecule has 4 nitrogen and oxygen atoms in total. The van der Waals surface area contributed by atoms with Crippen LogP contribution in [0.3, 0.4) is 0 Å². The van der Waals surface area contributed by atoms with Crippen molar-refractivity contribution >= 4 is 11.4 Å². The fraction of sp³-hybridized carbons (Fsp3) is 0.167. The normalized spacial score (nSPS) is 15.7. The zero-order valence-electron chi connectivity index (χ0n) is 20.2. The molecule has 172 valence electrons. The van der Waals surface area contributed by atoms with E-state index in [0.717, 1.165) is 27.8 Å². The summed E-state index contributed by atoms with van der Waals surface area (Å²) < 4.78 is 23.1. The van der Waals surface area contributed by atoms with Crippen molar-refractivity contribution in [3.8, 4) is 22.6 Å². The molecule has 0 saturated heterocycles. The van der Waals surface area contributed by atoms with Crippen molar-refractivity contribution in [3.05, 3.63) is 113 Å². The Kier molecular flexibility index (Phi) is 6.98. The second kappa shape index (κ2) is 10.3. The number of rotatable bonds is 6. The molecule has 1 aliphatic rings. The predicted octanol–water partition coefficient (Wildman–Crippen LogP) is 6.32. The van der Waals surface area contributed by atoms with Gasteiger partial charge in [0.15, 0.2) is 0 Å². The zero-order chi connectivity index (χ0) is 24.1. The monoisotopic (exact) mass is 453 g/mol. The molecule has 0 bridgehead atoms. The Bertz CT molecular complexity index is 1270. The Morgan fingerprint density at radius 2 is 1.32 bits per heavy atom. The molecule has 0 amide bonds. The highest BCUT2D eigenvalue weighted by atomic mass is 16.5. The first-order valence-electron chi connectivity index (χ1n) is 11.1. The van der Waals surface area contributed by atoms with Crippen molar-refractivity contribution in [2.45, 2.75) is 6.92 Å². The average Bonchev–Trinajstić information content (AvgIpc) is 2.89. The summed E-state index contributed by atoms with van der Waals surface area (Å²) in [4.78, 5) is 0. The van der Waals surface area contributed by atoms with Crippen LogP contribution in [0.15, 0.2) is 96.3 Å². The van der Waals surface area contributed by atoms with E-state index in [0.29, 0.717) is 23.0 Å². The zero-order valence-corrected chi connectivity index (χ0v) is 20.2. The van der Waals surface area contributed by atoms with Gasteiger partial charge in [0.05, 0.1) is 26.9 Å². The molecule has 0 N–H and O–H groups in total. The number of benzene rings is 3. The molecule has 0 heterocycles. The molecule has 0 saturated carbocycles. The molecule has 0 spiro atoms. The Labute approximate surface area is 201 Å². The molecule has 0 radical (unpaired) electrons. The van der Waals surface area contributed by atoms with Gasteiger partial charge in [-0.3, -0.25) is 4.42 Å². The molecular formula is C30H29O4+. The SMILES string of the molecule is COC1=CC=CC(=[O+]C)C1=C(c1ccc(-c2ccc(C)cc2)cc1)c1c(OC)cccc1OC. The highest BCUT2D eigenvalue weighted by Gasteiger charge is 2.31. The van der Waals surface area contributed by atoms with Crippen molar-refractivity contribution in [1.82, 2.24) is 0 Å². The van der Waals surface area contributed by atoms with Crippen molar-refractivity contribution in [1.29, 1.82) is 0 Å². The summed E-state index contributed by atoms with van der Waals surface area (Å²) in [5.41, 5.74) is 7.10. The summed E-state index contributed by atoms with van der Waals surface area (Å²) in [6.45, 7) is 2.09. The van der Waals surface area contributed by atoms with Crippen LogP contribution >= 0.6 is 0 Å². The Balaban J connectivity index is 2.00. The number of aryl methyl sites for hydroxylation is 1. The summed E-state index contributed by atoms with van der Waals surface area (Å²) in [5.74, 6) is 2.80. The van der Waals surface area contributed by atoms with E-state index in [1.807, 2.05) is 36.4 Å². The highest BCUT2D eigenvalue weighted by Crippen LogP contribution is 2.42. The number of ketones is 1. The van der Waals surface area contributed by atoms with Crippen molar-refractivity contribution < 1.29 is 18.6 Å². The second-order valence-corrected chi connectivity index (χ2v) is 7.89. The van der Waals surface area contributed by atoms with Crippen LogP contribution in [0.4, 0.5) is 0 Å². The maximum absolute atomic E-state index is 5.78. The third-order valence-corrected chi connectivity index (χ3v) is 5.91. The molecule has 34 heavy (non-hydrogen) atoms. The molecule has 4 heteroatoms. The van der Waals surface area contributed by atoms with Crippen LogP contribution in [0.5, 0.6) is 11.5 Å². The largest absolute Gasteiger partial charge is 0.496 e. The first-order valence-corrected chi connectivity index (χ1v) is 11.1. The fourth-order valence-electron chi connectivity index (χ4n) is 4.18. The minimum Gasteiger partial charge on any atom is -0.496 e. The van der Waals surface area contributed by atoms with Crippen LogP contribution in [0, 0.1) is 6.92 Å². The van der Waals surface area contributed by atoms with E-state index in [2.05, 4.69) is 55.5 Å². The number of allylic oxidation sites excluding steroid dienone is 4. The smallest absolute Gasteiger partial charge is 0.354 e. The van der Waals surface area contributed by atoms with Gasteiger partial charge in [-0.05, 0) is 47.9 Å². The van der Waals surface area contributed by atoms with Gasteiger partial charge in [0, 0.05) is 11.6 Å². The molecule has 0 unspecified atom stereocenters. The van der Waals surface area contributed by atoms with Gasteiger partial charge >= 0.3 is 5.78 Å². The van der Waals surface area contributed by atoms with Crippen molar-refractivity contribution in [2.75, 3.05) is 28.4 Å². The van der Waals surface area contributed by atoms with Gasteiger partial charge < -0.3 is 14.2 Å². The molecule has 1 aliphatic carbocycles. The molecule has 0 aliphatic heterocycles. The number of hydrogen-bond acceptors (Lipinski definition) is 3. The van der Waals surface area contributed by atoms with Crippen LogP contribution in [0.25, 0.3) is 16.7 Å². The number of methoxy groups -OCH3 is 3. The lowest BCUT2D eigenvalue weighted by atomic mass is 9.86. The van der Waals surface area contributed by atoms with Crippen molar-refractivity contribution in [2.24, 2.45) is 0 Å². The van der Waals surface area contributed by atoms with Gasteiger partial charge in [-0.2, -0.15) is 0 Å². The lowest BCUT2D eigenvalue weighted by Crippen LogP contribution is -2.13. The molecule has 0 fully saturated rings. The number of carbonyl (C=O) groups excluding carboxylic acids is 1. The summed E-state index contributed by atoms with van der Waals surface area (Å²) in [6, 6.07) is 22.8. The van der Waals surface area contributed by atoms with Crippen LogP contribution in [0.2, 0.25) is 0 Å². The lowest BCUT2D eigenvalue weighted by Gasteiger charge is -2.20. The first-order chi connectivity index (χ1) is 16.6. The maximum Gasteiger partial charge on any atom is 0.354 e. The van der Waals surface area contributed by atoms with Gasteiger partial charge in [-0.1, -0.05) is 60.2 Å². The molecule has 3 aromatic carbocycles. The lowest BCUT2D eigenvalue weighted by molar-refractivity contribution is -0.418. The van der Waals surface area contributed by atoms with Gasteiger partial charge in [0.1, 0.15) is 22.8 Å². The molecular weight excluding hydrogens is 424 g/mol. The Morgan fingerprint density at radius 1 is 0.735 bits per heavy atom. The van der Waals surface area contributed by atoms with E-state index in [4.69, 9.17) is 18.6 Å². The quantitative estimate of drug-likeness (QED) is 0.324. The van der Waals surface area contributed by atoms with Gasteiger partial charge in [0.25, 0.3) is 7.11 Å². The minimum atomic E-state index is 0.699. The standard InChI is InChI=1S/C30H29O4/c1-20-12-14-21(15-13-20)22-16-18-23(19-17-22)28(29-24(31-2)8-6-9-25(29)32-3)30-26(33-4)10-7-11-27(30)34-5/h6-19H,1-5H3/q+1. The average molecular weight is 454 g/mol. The third kappa shape index (κ3) is 4.40. The van der Waals surface area contributed by atoms with Crippen LogP contribution in [0.1, 0.15) is 16.7 Å². The van der Waals surface area contributed by atoms with Crippen LogP contribution in [-0.4, -0.2) is 34.2 Å². The summed E-state index contributed by atoms with van der Waals surface area (Å²) in [7, 11) is 6.65. The summed E-state index contributed by atoms with van der Waals surface area (Å²) >= 11 is 0. The third-order valence-electron chi connectivity index (χ3n) is 5.91. The van der Waals surface area contributed by atoms with E-state index >= 15 is 0 Å². The predicted molar refractivity (Wildman–Crippen MR) is 137 cm³/mol. The fourth-order valence-corrected chi connectivity index (χ4v) is 4.18. The van der Waals surface area contributed by atoms with E-state index < -0.39 is 0 Å². The maximum atomic E-state index is 5.78. The van der Waals surface area contributed by atoms with Gasteiger partial charge in [-0.25, -0.2) is 0 Å². The summed E-state index contributed by atoms with van der Waals surface area (Å²) in [6.07, 6.45) is 5.78. The van der Waals surface area contributed by atoms with Crippen LogP contribution in [-0.2, 0) is 9.16 Å². The van der Waals surface area contributed by atoms with E-state index in [9.17, 15) is 0 Å². The summed E-state index contributed by atoms with van der Waals surface area (Å²) in [5, 5.41) is 0. The van der Waals surface area contributed by atoms with Crippen molar-refractivity contribution in [3.63, 3.8) is 0 Å². The highest BCUT2D eigenvalue weighted by molar-refractivity contribution is 6.16. The van der Waals surface area contributed by atoms with E-state index in [1.165, 1.54) is 11.1 Å². The topological polar surface area (TPSA) is 39.0 Å².